The molecule has 1 aromatic carbocycles. The Kier molecular flexibility index (Phi) is 6.00. The zero-order chi connectivity index (χ0) is 20.2. The fraction of sp³-hybridized carbons (Fsp3) is 0.478. The molecule has 1 aliphatic rings. The Labute approximate surface area is 172 Å². The molecule has 2 aromatic heterocycles. The van der Waals surface area contributed by atoms with Gasteiger partial charge in [0.05, 0.1) is 19.3 Å². The molecule has 0 bridgehead atoms. The predicted octanol–water partition coefficient (Wildman–Crippen LogP) is 4.99. The molecule has 3 heterocycles. The molecule has 1 unspecified atom stereocenters. The van der Waals surface area contributed by atoms with E-state index in [0.717, 1.165) is 48.8 Å². The molecule has 0 amide bonds. The molecule has 154 valence electrons. The topological polar surface area (TPSA) is 56.3 Å². The highest BCUT2D eigenvalue weighted by Gasteiger charge is 2.27. The molecule has 6 nitrogen and oxygen atoms in total. The molecular formula is C23H30N4O2. The van der Waals surface area contributed by atoms with Crippen LogP contribution in [0.1, 0.15) is 55.7 Å². The van der Waals surface area contributed by atoms with Gasteiger partial charge >= 0.3 is 0 Å². The highest BCUT2D eigenvalue weighted by molar-refractivity contribution is 5.60. The summed E-state index contributed by atoms with van der Waals surface area (Å²) >= 11 is 0. The lowest BCUT2D eigenvalue weighted by molar-refractivity contribution is 0.160. The van der Waals surface area contributed by atoms with Crippen LogP contribution in [-0.2, 0) is 13.1 Å². The lowest BCUT2D eigenvalue weighted by atomic mass is 10.0. The van der Waals surface area contributed by atoms with Gasteiger partial charge in [-0.05, 0) is 57.5 Å². The van der Waals surface area contributed by atoms with E-state index in [9.17, 15) is 0 Å². The molecule has 4 rings (SSSR count). The number of ether oxygens (including phenoxy) is 1. The van der Waals surface area contributed by atoms with Gasteiger partial charge in [-0.1, -0.05) is 18.0 Å². The average Bonchev–Trinajstić information content (AvgIpc) is 3.30. The monoisotopic (exact) mass is 394 g/mol. The van der Waals surface area contributed by atoms with Gasteiger partial charge in [-0.15, -0.1) is 0 Å². The standard InChI is InChI=1S/C23H30N4O2/c1-4-27-17(2)19(15-24-27)16-26-13-7-5-6-8-22(26)23-14-21(25-29-23)18-9-11-20(28-3)12-10-18/h9-12,14-15,22H,4-8,13,16H2,1-3H3. The van der Waals surface area contributed by atoms with Gasteiger partial charge in [-0.25, -0.2) is 0 Å². The van der Waals surface area contributed by atoms with E-state index in [4.69, 9.17) is 9.26 Å². The first-order valence-corrected chi connectivity index (χ1v) is 10.6. The normalized spacial score (nSPS) is 18.0. The summed E-state index contributed by atoms with van der Waals surface area (Å²) in [4.78, 5) is 2.54. The van der Waals surface area contributed by atoms with E-state index in [-0.39, 0.29) is 6.04 Å². The molecule has 1 aliphatic heterocycles. The molecule has 6 heteroatoms. The zero-order valence-electron chi connectivity index (χ0n) is 17.6. The molecule has 1 fully saturated rings. The van der Waals surface area contributed by atoms with Crippen molar-refractivity contribution >= 4 is 0 Å². The van der Waals surface area contributed by atoms with Crippen LogP contribution in [0.15, 0.2) is 41.1 Å². The smallest absolute Gasteiger partial charge is 0.154 e. The first-order chi connectivity index (χ1) is 14.2. The maximum Gasteiger partial charge on any atom is 0.154 e. The van der Waals surface area contributed by atoms with Crippen LogP contribution in [0.2, 0.25) is 0 Å². The van der Waals surface area contributed by atoms with E-state index in [1.165, 1.54) is 30.5 Å². The second-order valence-corrected chi connectivity index (χ2v) is 7.75. The highest BCUT2D eigenvalue weighted by Crippen LogP contribution is 2.34. The summed E-state index contributed by atoms with van der Waals surface area (Å²) in [6, 6.07) is 10.3. The molecule has 3 aromatic rings. The number of rotatable bonds is 6. The quantitative estimate of drug-likeness (QED) is 0.589. The largest absolute Gasteiger partial charge is 0.497 e. The predicted molar refractivity (Wildman–Crippen MR) is 113 cm³/mol. The molecular weight excluding hydrogens is 364 g/mol. The van der Waals surface area contributed by atoms with Gasteiger partial charge in [0.15, 0.2) is 5.76 Å². The maximum atomic E-state index is 5.85. The lowest BCUT2D eigenvalue weighted by Gasteiger charge is -2.27. The fourth-order valence-corrected chi connectivity index (χ4v) is 4.20. The van der Waals surface area contributed by atoms with Crippen molar-refractivity contribution in [3.63, 3.8) is 0 Å². The van der Waals surface area contributed by atoms with Crippen molar-refractivity contribution in [2.45, 2.75) is 58.7 Å². The third-order valence-electron chi connectivity index (χ3n) is 5.98. The van der Waals surface area contributed by atoms with Crippen molar-refractivity contribution in [1.29, 1.82) is 0 Å². The molecule has 0 aliphatic carbocycles. The van der Waals surface area contributed by atoms with Crippen molar-refractivity contribution in [2.24, 2.45) is 0 Å². The van der Waals surface area contributed by atoms with Crippen LogP contribution in [0.3, 0.4) is 0 Å². The van der Waals surface area contributed by atoms with Crippen molar-refractivity contribution in [2.75, 3.05) is 13.7 Å². The van der Waals surface area contributed by atoms with E-state index < -0.39 is 0 Å². The van der Waals surface area contributed by atoms with Crippen molar-refractivity contribution in [1.82, 2.24) is 19.8 Å². The van der Waals surface area contributed by atoms with Crippen LogP contribution in [0, 0.1) is 6.92 Å². The van der Waals surface area contributed by atoms with Crippen LogP contribution in [0.25, 0.3) is 11.3 Å². The summed E-state index contributed by atoms with van der Waals surface area (Å²) in [5, 5.41) is 8.89. The number of benzene rings is 1. The Morgan fingerprint density at radius 1 is 1.17 bits per heavy atom. The average molecular weight is 395 g/mol. The summed E-state index contributed by atoms with van der Waals surface area (Å²) in [6.45, 7) is 7.17. The van der Waals surface area contributed by atoms with Gasteiger partial charge in [0.25, 0.3) is 0 Å². The van der Waals surface area contributed by atoms with Crippen molar-refractivity contribution in [3.05, 3.63) is 53.5 Å². The molecule has 0 saturated carbocycles. The van der Waals surface area contributed by atoms with E-state index in [1.54, 1.807) is 7.11 Å². The highest BCUT2D eigenvalue weighted by atomic mass is 16.5. The van der Waals surface area contributed by atoms with Crippen molar-refractivity contribution < 1.29 is 9.26 Å². The van der Waals surface area contributed by atoms with Crippen molar-refractivity contribution in [3.8, 4) is 17.0 Å². The Morgan fingerprint density at radius 2 is 2.00 bits per heavy atom. The van der Waals surface area contributed by atoms with Gasteiger partial charge in [0.1, 0.15) is 11.4 Å². The number of nitrogens with zero attached hydrogens (tertiary/aromatic N) is 4. The number of aryl methyl sites for hydroxylation is 1. The Morgan fingerprint density at radius 3 is 2.72 bits per heavy atom. The van der Waals surface area contributed by atoms with E-state index in [0.29, 0.717) is 0 Å². The Hall–Kier alpha value is -2.60. The zero-order valence-corrected chi connectivity index (χ0v) is 17.6. The van der Waals surface area contributed by atoms with Crippen LogP contribution in [-0.4, -0.2) is 33.5 Å². The van der Waals surface area contributed by atoms with Gasteiger partial charge in [-0.2, -0.15) is 5.10 Å². The summed E-state index contributed by atoms with van der Waals surface area (Å²) in [5.74, 6) is 1.80. The first kappa shape index (κ1) is 19.7. The Bertz CT molecular complexity index is 929. The van der Waals surface area contributed by atoms with Crippen LogP contribution >= 0.6 is 0 Å². The second-order valence-electron chi connectivity index (χ2n) is 7.75. The maximum absolute atomic E-state index is 5.85. The number of methoxy groups -OCH3 is 1. The summed E-state index contributed by atoms with van der Waals surface area (Å²) in [7, 11) is 1.68. The molecule has 0 spiro atoms. The molecule has 0 radical (unpaired) electrons. The first-order valence-electron chi connectivity index (χ1n) is 10.6. The second kappa shape index (κ2) is 8.82. The summed E-state index contributed by atoms with van der Waals surface area (Å²) < 4.78 is 13.2. The minimum atomic E-state index is 0.251. The van der Waals surface area contributed by atoms with Crippen LogP contribution in [0.4, 0.5) is 0 Å². The minimum absolute atomic E-state index is 0.251. The number of hydrogen-bond donors (Lipinski definition) is 0. The van der Waals surface area contributed by atoms with Gasteiger partial charge in [0.2, 0.25) is 0 Å². The number of likely N-dealkylation sites (tertiary alicyclic amines) is 1. The molecule has 1 saturated heterocycles. The van der Waals surface area contributed by atoms with Gasteiger partial charge in [-0.3, -0.25) is 9.58 Å². The summed E-state index contributed by atoms with van der Waals surface area (Å²) in [6.07, 6.45) is 6.81. The molecule has 1 atom stereocenters. The van der Waals surface area contributed by atoms with E-state index in [2.05, 4.69) is 39.8 Å². The lowest BCUT2D eigenvalue weighted by Crippen LogP contribution is -2.28. The Balaban J connectivity index is 1.57. The van der Waals surface area contributed by atoms with E-state index in [1.807, 2.05) is 30.5 Å². The van der Waals surface area contributed by atoms with Gasteiger partial charge < -0.3 is 9.26 Å². The summed E-state index contributed by atoms with van der Waals surface area (Å²) in [5.41, 5.74) is 4.48. The fourth-order valence-electron chi connectivity index (χ4n) is 4.20. The number of hydrogen-bond acceptors (Lipinski definition) is 5. The van der Waals surface area contributed by atoms with Gasteiger partial charge in [0, 0.05) is 36.0 Å². The molecule has 0 N–H and O–H groups in total. The SMILES string of the molecule is CCn1ncc(CN2CCCCCC2c2cc(-c3ccc(OC)cc3)no2)c1C. The van der Waals surface area contributed by atoms with Crippen LogP contribution in [0.5, 0.6) is 5.75 Å². The minimum Gasteiger partial charge on any atom is -0.497 e. The molecule has 29 heavy (non-hydrogen) atoms. The van der Waals surface area contributed by atoms with E-state index >= 15 is 0 Å². The van der Waals surface area contributed by atoms with Crippen LogP contribution < -0.4 is 4.74 Å². The third kappa shape index (κ3) is 4.22. The number of aromatic nitrogens is 3. The third-order valence-corrected chi connectivity index (χ3v) is 5.98.